The Morgan fingerprint density at radius 3 is 2.07 bits per heavy atom. The predicted octanol–water partition coefficient (Wildman–Crippen LogP) is 2.75. The number of aromatic nitrogens is 1. The van der Waals surface area contributed by atoms with Crippen LogP contribution >= 0.6 is 0 Å². The van der Waals surface area contributed by atoms with Crippen LogP contribution in [0.5, 0.6) is 5.75 Å². The van der Waals surface area contributed by atoms with E-state index < -0.39 is 7.12 Å². The van der Waals surface area contributed by atoms with E-state index in [-0.39, 0.29) is 6.79 Å². The number of aryl methyl sites for hydroxylation is 1. The molecule has 0 fully saturated rings. The van der Waals surface area contributed by atoms with Gasteiger partial charge in [-0.15, -0.1) is 0 Å². The van der Waals surface area contributed by atoms with Crippen molar-refractivity contribution in [2.24, 2.45) is 0 Å². The SMILES string of the molecule is COCOc1c(B(O)O)cc(C)cc1-n1c2ccccc2c2ccccc21. The average Bonchev–Trinajstić information content (AvgIpc) is 3.01. The van der Waals surface area contributed by atoms with Crippen molar-refractivity contribution in [1.82, 2.24) is 4.57 Å². The molecule has 27 heavy (non-hydrogen) atoms. The van der Waals surface area contributed by atoms with Crippen molar-refractivity contribution < 1.29 is 19.5 Å². The number of para-hydroxylation sites is 2. The van der Waals surface area contributed by atoms with Crippen LogP contribution in [0.25, 0.3) is 27.5 Å². The highest BCUT2D eigenvalue weighted by atomic mass is 16.7. The fourth-order valence-corrected chi connectivity index (χ4v) is 3.60. The van der Waals surface area contributed by atoms with Gasteiger partial charge in [-0.05, 0) is 30.7 Å². The van der Waals surface area contributed by atoms with Gasteiger partial charge in [-0.25, -0.2) is 0 Å². The highest BCUT2D eigenvalue weighted by Crippen LogP contribution is 2.35. The molecule has 0 saturated carbocycles. The number of hydrogen-bond acceptors (Lipinski definition) is 4. The van der Waals surface area contributed by atoms with Crippen LogP contribution in [0.1, 0.15) is 5.56 Å². The molecule has 0 saturated heterocycles. The minimum Gasteiger partial charge on any atom is -0.466 e. The summed E-state index contributed by atoms with van der Waals surface area (Å²) >= 11 is 0. The van der Waals surface area contributed by atoms with Crippen molar-refractivity contribution in [3.05, 3.63) is 66.2 Å². The first-order valence-corrected chi connectivity index (χ1v) is 8.73. The highest BCUT2D eigenvalue weighted by Gasteiger charge is 2.24. The summed E-state index contributed by atoms with van der Waals surface area (Å²) in [5, 5.41) is 22.1. The molecule has 0 aliphatic heterocycles. The minimum atomic E-state index is -1.65. The van der Waals surface area contributed by atoms with Gasteiger partial charge in [-0.1, -0.05) is 42.5 Å². The maximum Gasteiger partial charge on any atom is 0.492 e. The molecule has 6 heteroatoms. The van der Waals surface area contributed by atoms with Crippen LogP contribution in [-0.4, -0.2) is 35.6 Å². The molecule has 3 aromatic carbocycles. The molecular weight excluding hydrogens is 341 g/mol. The lowest BCUT2D eigenvalue weighted by Gasteiger charge is -2.18. The van der Waals surface area contributed by atoms with Crippen LogP contribution < -0.4 is 10.2 Å². The van der Waals surface area contributed by atoms with Gasteiger partial charge in [-0.3, -0.25) is 0 Å². The van der Waals surface area contributed by atoms with E-state index in [2.05, 4.69) is 16.7 Å². The van der Waals surface area contributed by atoms with E-state index in [4.69, 9.17) is 9.47 Å². The van der Waals surface area contributed by atoms with Crippen LogP contribution in [0.15, 0.2) is 60.7 Å². The van der Waals surface area contributed by atoms with Crippen molar-refractivity contribution in [3.63, 3.8) is 0 Å². The van der Waals surface area contributed by atoms with E-state index in [9.17, 15) is 10.0 Å². The van der Waals surface area contributed by atoms with Crippen LogP contribution in [0.4, 0.5) is 0 Å². The van der Waals surface area contributed by atoms with Crippen LogP contribution in [0, 0.1) is 6.92 Å². The van der Waals surface area contributed by atoms with Crippen molar-refractivity contribution >= 4 is 34.4 Å². The van der Waals surface area contributed by atoms with Crippen molar-refractivity contribution in [3.8, 4) is 11.4 Å². The molecule has 0 unspecified atom stereocenters. The molecule has 0 aliphatic rings. The molecule has 0 aliphatic carbocycles. The maximum absolute atomic E-state index is 9.90. The minimum absolute atomic E-state index is 0.00686. The summed E-state index contributed by atoms with van der Waals surface area (Å²) in [6.45, 7) is 1.93. The van der Waals surface area contributed by atoms with Gasteiger partial charge in [0, 0.05) is 23.3 Å². The zero-order valence-electron chi connectivity index (χ0n) is 15.2. The summed E-state index contributed by atoms with van der Waals surface area (Å²) in [5.74, 6) is 0.393. The van der Waals surface area contributed by atoms with E-state index in [0.29, 0.717) is 11.2 Å². The fourth-order valence-electron chi connectivity index (χ4n) is 3.60. The van der Waals surface area contributed by atoms with Gasteiger partial charge in [0.1, 0.15) is 5.75 Å². The number of benzene rings is 3. The zero-order chi connectivity index (χ0) is 19.0. The Labute approximate surface area is 157 Å². The number of nitrogens with zero attached hydrogens (tertiary/aromatic N) is 1. The monoisotopic (exact) mass is 361 g/mol. The van der Waals surface area contributed by atoms with Crippen LogP contribution in [-0.2, 0) is 4.74 Å². The molecule has 0 amide bonds. The quantitative estimate of drug-likeness (QED) is 0.424. The Bertz CT molecular complexity index is 1070. The molecule has 5 nitrogen and oxygen atoms in total. The number of fused-ring (bicyclic) bond motifs is 3. The standard InChI is InChI=1S/C21H20BNO4/c1-14-11-17(22(24)25)21(27-13-26-2)20(12-14)23-18-9-5-3-7-15(18)16-8-4-6-10-19(16)23/h3-12,24-25H,13H2,1-2H3. The van der Waals surface area contributed by atoms with Gasteiger partial charge in [0.15, 0.2) is 6.79 Å². The third-order valence-electron chi connectivity index (χ3n) is 4.66. The largest absolute Gasteiger partial charge is 0.492 e. The smallest absolute Gasteiger partial charge is 0.466 e. The lowest BCUT2D eigenvalue weighted by atomic mass is 9.78. The summed E-state index contributed by atoms with van der Waals surface area (Å²) < 4.78 is 12.9. The Hall–Kier alpha value is -2.80. The van der Waals surface area contributed by atoms with Crippen molar-refractivity contribution in [1.29, 1.82) is 0 Å². The molecule has 0 bridgehead atoms. The molecule has 4 aromatic rings. The summed E-state index contributed by atoms with van der Waals surface area (Å²) in [4.78, 5) is 0. The lowest BCUT2D eigenvalue weighted by molar-refractivity contribution is 0.0517. The van der Waals surface area contributed by atoms with Gasteiger partial charge < -0.3 is 24.1 Å². The van der Waals surface area contributed by atoms with Gasteiger partial charge in [0.25, 0.3) is 0 Å². The van der Waals surface area contributed by atoms with E-state index >= 15 is 0 Å². The van der Waals surface area contributed by atoms with Crippen molar-refractivity contribution in [2.75, 3.05) is 13.9 Å². The number of hydrogen-bond donors (Lipinski definition) is 2. The molecule has 0 spiro atoms. The third-order valence-corrected chi connectivity index (χ3v) is 4.66. The number of methoxy groups -OCH3 is 1. The molecule has 136 valence electrons. The van der Waals surface area contributed by atoms with Gasteiger partial charge in [0.2, 0.25) is 0 Å². The molecule has 1 heterocycles. The van der Waals surface area contributed by atoms with Crippen LogP contribution in [0.2, 0.25) is 0 Å². The molecular formula is C21H20BNO4. The van der Waals surface area contributed by atoms with Gasteiger partial charge >= 0.3 is 7.12 Å². The zero-order valence-corrected chi connectivity index (χ0v) is 15.2. The third kappa shape index (κ3) is 2.98. The first-order chi connectivity index (χ1) is 13.1. The van der Waals surface area contributed by atoms with Gasteiger partial charge in [0.05, 0.1) is 16.7 Å². The van der Waals surface area contributed by atoms with E-state index in [1.807, 2.05) is 49.4 Å². The normalized spacial score (nSPS) is 11.3. The molecule has 0 atom stereocenters. The highest BCUT2D eigenvalue weighted by molar-refractivity contribution is 6.60. The van der Waals surface area contributed by atoms with Crippen molar-refractivity contribution in [2.45, 2.75) is 6.92 Å². The Morgan fingerprint density at radius 2 is 1.52 bits per heavy atom. The molecule has 1 aromatic heterocycles. The van der Waals surface area contributed by atoms with Crippen LogP contribution in [0.3, 0.4) is 0 Å². The molecule has 2 N–H and O–H groups in total. The lowest BCUT2D eigenvalue weighted by Crippen LogP contribution is -2.33. The second kappa shape index (κ2) is 7.08. The summed E-state index contributed by atoms with van der Waals surface area (Å²) in [6.07, 6.45) is 0. The van der Waals surface area contributed by atoms with E-state index in [1.165, 1.54) is 7.11 Å². The molecule has 4 rings (SSSR count). The Morgan fingerprint density at radius 1 is 0.926 bits per heavy atom. The summed E-state index contributed by atoms with van der Waals surface area (Å²) in [7, 11) is -0.118. The van der Waals surface area contributed by atoms with E-state index in [1.54, 1.807) is 6.07 Å². The number of rotatable bonds is 5. The Kier molecular flexibility index (Phi) is 4.62. The predicted molar refractivity (Wildman–Crippen MR) is 108 cm³/mol. The average molecular weight is 361 g/mol. The van der Waals surface area contributed by atoms with E-state index in [0.717, 1.165) is 33.1 Å². The second-order valence-corrected chi connectivity index (χ2v) is 6.50. The topological polar surface area (TPSA) is 63.9 Å². The first-order valence-electron chi connectivity index (χ1n) is 8.73. The first kappa shape index (κ1) is 17.6. The number of ether oxygens (including phenoxy) is 2. The molecule has 0 radical (unpaired) electrons. The Balaban J connectivity index is 2.11. The summed E-state index contributed by atoms with van der Waals surface area (Å²) in [5.41, 5.74) is 3.99. The fraction of sp³-hybridized carbons (Fsp3) is 0.143. The second-order valence-electron chi connectivity index (χ2n) is 6.50. The van der Waals surface area contributed by atoms with Gasteiger partial charge in [-0.2, -0.15) is 0 Å². The maximum atomic E-state index is 9.90. The summed E-state index contributed by atoms with van der Waals surface area (Å²) in [6, 6.07) is 20.0.